The first-order chi connectivity index (χ1) is 8.59. The van der Waals surface area contributed by atoms with Crippen molar-refractivity contribution in [1.29, 1.82) is 0 Å². The van der Waals surface area contributed by atoms with Gasteiger partial charge in [-0.1, -0.05) is 26.0 Å². The summed E-state index contributed by atoms with van der Waals surface area (Å²) in [5.74, 6) is 0.780. The average Bonchev–Trinajstić information content (AvgIpc) is 2.33. The summed E-state index contributed by atoms with van der Waals surface area (Å²) in [6.45, 7) is 4.63. The van der Waals surface area contributed by atoms with Crippen molar-refractivity contribution in [2.75, 3.05) is 18.9 Å². The normalized spacial score (nSPS) is 10.4. The Hall–Kier alpha value is -1.71. The Morgan fingerprint density at radius 3 is 2.72 bits per heavy atom. The van der Waals surface area contributed by atoms with Crippen molar-refractivity contribution < 1.29 is 14.3 Å². The fourth-order valence-corrected chi connectivity index (χ4v) is 1.47. The number of hydrogen-bond acceptors (Lipinski definition) is 4. The molecule has 4 nitrogen and oxygen atoms in total. The molecule has 0 amide bonds. The van der Waals surface area contributed by atoms with E-state index >= 15 is 0 Å². The zero-order chi connectivity index (χ0) is 13.4. The highest BCUT2D eigenvalue weighted by Gasteiger charge is 2.06. The topological polar surface area (TPSA) is 61.5 Å². The molecule has 2 N–H and O–H groups in total. The van der Waals surface area contributed by atoms with Crippen LogP contribution in [0.25, 0.3) is 0 Å². The van der Waals surface area contributed by atoms with E-state index in [1.807, 2.05) is 6.07 Å². The van der Waals surface area contributed by atoms with Crippen molar-refractivity contribution >= 4 is 11.7 Å². The molecular formula is C14H21NO3. The lowest BCUT2D eigenvalue weighted by molar-refractivity contribution is -0.146. The molecule has 1 aromatic carbocycles. The molecular weight excluding hydrogens is 230 g/mol. The van der Waals surface area contributed by atoms with E-state index in [1.165, 1.54) is 0 Å². The number of nitrogens with two attached hydrogens (primary N) is 1. The van der Waals surface area contributed by atoms with Gasteiger partial charge in [-0.2, -0.15) is 0 Å². The molecule has 4 heteroatoms. The first-order valence-corrected chi connectivity index (χ1v) is 6.22. The molecule has 100 valence electrons. The molecule has 0 aliphatic heterocycles. The van der Waals surface area contributed by atoms with Gasteiger partial charge in [-0.25, -0.2) is 4.79 Å². The van der Waals surface area contributed by atoms with Crippen molar-refractivity contribution in [2.24, 2.45) is 5.92 Å². The SMILES string of the molecule is CC(C)CCCOC(=O)COc1ccccc1N. The molecule has 0 aliphatic carbocycles. The van der Waals surface area contributed by atoms with Gasteiger partial charge in [0, 0.05) is 0 Å². The van der Waals surface area contributed by atoms with E-state index in [1.54, 1.807) is 18.2 Å². The third-order valence-electron chi connectivity index (χ3n) is 2.45. The predicted octanol–water partition coefficient (Wildman–Crippen LogP) is 2.63. The molecule has 0 fully saturated rings. The smallest absolute Gasteiger partial charge is 0.344 e. The van der Waals surface area contributed by atoms with Crippen LogP contribution >= 0.6 is 0 Å². The largest absolute Gasteiger partial charge is 0.480 e. The highest BCUT2D eigenvalue weighted by molar-refractivity contribution is 5.71. The zero-order valence-electron chi connectivity index (χ0n) is 11.0. The number of carbonyl (C=O) groups excluding carboxylic acids is 1. The lowest BCUT2D eigenvalue weighted by Gasteiger charge is -2.09. The summed E-state index contributed by atoms with van der Waals surface area (Å²) in [5.41, 5.74) is 6.20. The van der Waals surface area contributed by atoms with Gasteiger partial charge in [0.1, 0.15) is 5.75 Å². The highest BCUT2D eigenvalue weighted by atomic mass is 16.6. The number of para-hydroxylation sites is 2. The van der Waals surface area contributed by atoms with Gasteiger partial charge >= 0.3 is 5.97 Å². The maximum Gasteiger partial charge on any atom is 0.344 e. The molecule has 0 radical (unpaired) electrons. The molecule has 0 saturated carbocycles. The minimum Gasteiger partial charge on any atom is -0.480 e. The van der Waals surface area contributed by atoms with E-state index in [4.69, 9.17) is 15.2 Å². The van der Waals surface area contributed by atoms with Gasteiger partial charge in [0.15, 0.2) is 6.61 Å². The zero-order valence-corrected chi connectivity index (χ0v) is 11.0. The fraction of sp³-hybridized carbons (Fsp3) is 0.500. The average molecular weight is 251 g/mol. The van der Waals surface area contributed by atoms with Gasteiger partial charge in [0.25, 0.3) is 0 Å². The molecule has 0 atom stereocenters. The number of hydrogen-bond donors (Lipinski definition) is 1. The van der Waals surface area contributed by atoms with Crippen LogP contribution in [-0.2, 0) is 9.53 Å². The van der Waals surface area contributed by atoms with Gasteiger partial charge in [-0.05, 0) is 30.9 Å². The summed E-state index contributed by atoms with van der Waals surface area (Å²) in [6, 6.07) is 7.07. The van der Waals surface area contributed by atoms with E-state index in [9.17, 15) is 4.79 Å². The molecule has 0 saturated heterocycles. The number of rotatable bonds is 7. The summed E-state index contributed by atoms with van der Waals surface area (Å²) < 4.78 is 10.3. The molecule has 0 heterocycles. The second-order valence-corrected chi connectivity index (χ2v) is 4.58. The standard InChI is InChI=1S/C14H21NO3/c1-11(2)6-5-9-17-14(16)10-18-13-8-4-3-7-12(13)15/h3-4,7-8,11H,5-6,9-10,15H2,1-2H3. The lowest BCUT2D eigenvalue weighted by atomic mass is 10.1. The van der Waals surface area contributed by atoms with E-state index < -0.39 is 0 Å². The van der Waals surface area contributed by atoms with E-state index in [0.717, 1.165) is 12.8 Å². The minimum atomic E-state index is -0.359. The van der Waals surface area contributed by atoms with Crippen LogP contribution < -0.4 is 10.5 Å². The Labute approximate surface area is 108 Å². The number of carbonyl (C=O) groups is 1. The summed E-state index contributed by atoms with van der Waals surface area (Å²) in [5, 5.41) is 0. The molecule has 1 aromatic rings. The second-order valence-electron chi connectivity index (χ2n) is 4.58. The molecule has 1 rings (SSSR count). The summed E-state index contributed by atoms with van der Waals surface area (Å²) >= 11 is 0. The monoisotopic (exact) mass is 251 g/mol. The van der Waals surface area contributed by atoms with Crippen LogP contribution in [0.4, 0.5) is 5.69 Å². The third kappa shape index (κ3) is 5.57. The molecule has 0 aromatic heterocycles. The minimum absolute atomic E-state index is 0.101. The van der Waals surface area contributed by atoms with Crippen LogP contribution in [0.2, 0.25) is 0 Å². The van der Waals surface area contributed by atoms with Gasteiger partial charge in [-0.15, -0.1) is 0 Å². The van der Waals surface area contributed by atoms with E-state index in [0.29, 0.717) is 24.0 Å². The van der Waals surface area contributed by atoms with Gasteiger partial charge in [0.2, 0.25) is 0 Å². The molecule has 0 bridgehead atoms. The number of nitrogen functional groups attached to an aromatic ring is 1. The first kappa shape index (κ1) is 14.4. The van der Waals surface area contributed by atoms with Gasteiger partial charge in [-0.3, -0.25) is 0 Å². The van der Waals surface area contributed by atoms with Crippen molar-refractivity contribution in [1.82, 2.24) is 0 Å². The Kier molecular flexibility index (Phi) is 6.05. The predicted molar refractivity (Wildman–Crippen MR) is 71.4 cm³/mol. The third-order valence-corrected chi connectivity index (χ3v) is 2.45. The molecule has 0 spiro atoms. The Morgan fingerprint density at radius 2 is 2.06 bits per heavy atom. The first-order valence-electron chi connectivity index (χ1n) is 6.22. The quantitative estimate of drug-likeness (QED) is 0.459. The number of anilines is 1. The Morgan fingerprint density at radius 1 is 1.33 bits per heavy atom. The van der Waals surface area contributed by atoms with Crippen LogP contribution in [0.5, 0.6) is 5.75 Å². The second kappa shape index (κ2) is 7.58. The molecule has 0 aliphatic rings. The number of benzene rings is 1. The lowest BCUT2D eigenvalue weighted by Crippen LogP contribution is -2.16. The van der Waals surface area contributed by atoms with E-state index in [2.05, 4.69) is 13.8 Å². The van der Waals surface area contributed by atoms with Crippen LogP contribution in [0, 0.1) is 5.92 Å². The van der Waals surface area contributed by atoms with E-state index in [-0.39, 0.29) is 12.6 Å². The molecule has 0 unspecified atom stereocenters. The van der Waals surface area contributed by atoms with Crippen LogP contribution in [0.15, 0.2) is 24.3 Å². The van der Waals surface area contributed by atoms with Crippen molar-refractivity contribution in [3.05, 3.63) is 24.3 Å². The number of ether oxygens (including phenoxy) is 2. The van der Waals surface area contributed by atoms with Crippen molar-refractivity contribution in [2.45, 2.75) is 26.7 Å². The van der Waals surface area contributed by atoms with Gasteiger partial charge in [0.05, 0.1) is 12.3 Å². The number of esters is 1. The van der Waals surface area contributed by atoms with Crippen LogP contribution in [0.1, 0.15) is 26.7 Å². The van der Waals surface area contributed by atoms with Crippen LogP contribution in [0.3, 0.4) is 0 Å². The van der Waals surface area contributed by atoms with Gasteiger partial charge < -0.3 is 15.2 Å². The summed E-state index contributed by atoms with van der Waals surface area (Å²) in [4.78, 5) is 11.4. The Balaban J connectivity index is 2.19. The maximum absolute atomic E-state index is 11.4. The van der Waals surface area contributed by atoms with Crippen LogP contribution in [-0.4, -0.2) is 19.2 Å². The summed E-state index contributed by atoms with van der Waals surface area (Å²) in [7, 11) is 0. The van der Waals surface area contributed by atoms with Crippen molar-refractivity contribution in [3.8, 4) is 5.75 Å². The Bertz CT molecular complexity index is 377. The highest BCUT2D eigenvalue weighted by Crippen LogP contribution is 2.19. The summed E-state index contributed by atoms with van der Waals surface area (Å²) in [6.07, 6.45) is 1.94. The van der Waals surface area contributed by atoms with Crippen molar-refractivity contribution in [3.63, 3.8) is 0 Å². The fourth-order valence-electron chi connectivity index (χ4n) is 1.47. The molecule has 18 heavy (non-hydrogen) atoms. The maximum atomic E-state index is 11.4.